The van der Waals surface area contributed by atoms with E-state index < -0.39 is 0 Å². The summed E-state index contributed by atoms with van der Waals surface area (Å²) in [6.45, 7) is 6.28. The molecule has 4 aromatic rings. The highest BCUT2D eigenvalue weighted by Gasteiger charge is 2.03. The Morgan fingerprint density at radius 2 is 1.73 bits per heavy atom. The Kier molecular flexibility index (Phi) is 4.34. The van der Waals surface area contributed by atoms with Crippen LogP contribution in [0.1, 0.15) is 27.3 Å². The second kappa shape index (κ2) is 6.67. The summed E-state index contributed by atoms with van der Waals surface area (Å²) >= 11 is 3.09. The lowest BCUT2D eigenvalue weighted by Gasteiger charge is -2.05. The first-order chi connectivity index (χ1) is 12.5. The van der Waals surface area contributed by atoms with Gasteiger partial charge in [0.15, 0.2) is 0 Å². The fourth-order valence-electron chi connectivity index (χ4n) is 2.87. The molecule has 5 heteroatoms. The van der Waals surface area contributed by atoms with Gasteiger partial charge in [-0.3, -0.25) is 4.79 Å². The molecule has 0 atom stereocenters. The van der Waals surface area contributed by atoms with E-state index in [9.17, 15) is 4.79 Å². The number of nitrogens with one attached hydrogen (secondary N) is 1. The molecule has 0 radical (unpaired) electrons. The predicted molar refractivity (Wildman–Crippen MR) is 112 cm³/mol. The first kappa shape index (κ1) is 16.9. The van der Waals surface area contributed by atoms with Crippen LogP contribution in [-0.4, -0.2) is 9.97 Å². The molecule has 4 rings (SSSR count). The van der Waals surface area contributed by atoms with Gasteiger partial charge in [-0.1, -0.05) is 24.3 Å². The van der Waals surface area contributed by atoms with Crippen LogP contribution in [0.15, 0.2) is 41.2 Å². The number of aromatic amines is 1. The largest absolute Gasteiger partial charge is 0.313 e. The molecular weight excluding hydrogens is 360 g/mol. The SMILES string of the molecule is Cc1cc(C)c(/C=c2\s/c(=C/c3nc4ccccc4s3)[nH]c2=O)cc1C. The van der Waals surface area contributed by atoms with E-state index in [-0.39, 0.29) is 5.56 Å². The van der Waals surface area contributed by atoms with Crippen molar-refractivity contribution in [3.8, 4) is 0 Å². The second-order valence-electron chi connectivity index (χ2n) is 6.39. The van der Waals surface area contributed by atoms with Gasteiger partial charge in [-0.25, -0.2) is 4.98 Å². The van der Waals surface area contributed by atoms with Crippen LogP contribution in [0.3, 0.4) is 0 Å². The Balaban J connectivity index is 1.80. The first-order valence-corrected chi connectivity index (χ1v) is 9.99. The number of para-hydroxylation sites is 1. The normalized spacial score (nSPS) is 13.0. The van der Waals surface area contributed by atoms with E-state index in [1.807, 2.05) is 30.4 Å². The predicted octanol–water partition coefficient (Wildman–Crippen LogP) is 3.63. The van der Waals surface area contributed by atoms with E-state index in [4.69, 9.17) is 0 Å². The van der Waals surface area contributed by atoms with Crippen molar-refractivity contribution in [2.24, 2.45) is 0 Å². The van der Waals surface area contributed by atoms with Gasteiger partial charge in [0.2, 0.25) is 0 Å². The summed E-state index contributed by atoms with van der Waals surface area (Å²) in [7, 11) is 0. The third-order valence-electron chi connectivity index (χ3n) is 4.41. The molecule has 2 heterocycles. The Morgan fingerprint density at radius 1 is 0.962 bits per heavy atom. The minimum Gasteiger partial charge on any atom is -0.313 e. The molecule has 0 unspecified atom stereocenters. The van der Waals surface area contributed by atoms with E-state index >= 15 is 0 Å². The number of benzene rings is 2. The molecule has 2 aromatic carbocycles. The zero-order chi connectivity index (χ0) is 18.3. The summed E-state index contributed by atoms with van der Waals surface area (Å²) in [6.07, 6.45) is 3.92. The number of hydrogen-bond acceptors (Lipinski definition) is 4. The zero-order valence-electron chi connectivity index (χ0n) is 14.8. The van der Waals surface area contributed by atoms with Crippen LogP contribution in [0.5, 0.6) is 0 Å². The molecular formula is C21H18N2OS2. The molecule has 0 saturated carbocycles. The van der Waals surface area contributed by atoms with Crippen molar-refractivity contribution in [3.05, 3.63) is 83.2 Å². The minimum atomic E-state index is -0.0556. The van der Waals surface area contributed by atoms with Gasteiger partial charge in [0.05, 0.1) is 19.4 Å². The third kappa shape index (κ3) is 3.28. The van der Waals surface area contributed by atoms with Crippen LogP contribution in [0, 0.1) is 20.8 Å². The molecule has 2 aromatic heterocycles. The molecule has 3 nitrogen and oxygen atoms in total. The van der Waals surface area contributed by atoms with Crippen LogP contribution in [0.4, 0.5) is 0 Å². The van der Waals surface area contributed by atoms with Crippen molar-refractivity contribution >= 4 is 45.0 Å². The van der Waals surface area contributed by atoms with Crippen molar-refractivity contribution in [2.75, 3.05) is 0 Å². The topological polar surface area (TPSA) is 45.8 Å². The molecule has 0 amide bonds. The highest BCUT2D eigenvalue weighted by atomic mass is 32.1. The lowest BCUT2D eigenvalue weighted by molar-refractivity contribution is 1.25. The van der Waals surface area contributed by atoms with Gasteiger partial charge in [-0.2, -0.15) is 0 Å². The van der Waals surface area contributed by atoms with E-state index in [1.54, 1.807) is 11.3 Å². The van der Waals surface area contributed by atoms with Gasteiger partial charge in [-0.05, 0) is 61.2 Å². The smallest absolute Gasteiger partial charge is 0.266 e. The molecule has 0 aliphatic heterocycles. The van der Waals surface area contributed by atoms with Gasteiger partial charge in [0, 0.05) is 6.08 Å². The number of aromatic nitrogens is 2. The van der Waals surface area contributed by atoms with Crippen LogP contribution in [-0.2, 0) is 0 Å². The lowest BCUT2D eigenvalue weighted by Crippen LogP contribution is -2.20. The molecule has 0 aliphatic rings. The molecule has 130 valence electrons. The summed E-state index contributed by atoms with van der Waals surface area (Å²) in [5.41, 5.74) is 5.70. The van der Waals surface area contributed by atoms with Crippen molar-refractivity contribution < 1.29 is 0 Å². The molecule has 0 spiro atoms. The average molecular weight is 379 g/mol. The van der Waals surface area contributed by atoms with Crippen LogP contribution < -0.4 is 14.8 Å². The van der Waals surface area contributed by atoms with Crippen molar-refractivity contribution in [2.45, 2.75) is 20.8 Å². The van der Waals surface area contributed by atoms with Crippen molar-refractivity contribution in [3.63, 3.8) is 0 Å². The van der Waals surface area contributed by atoms with Crippen LogP contribution >= 0.6 is 22.7 Å². The van der Waals surface area contributed by atoms with Crippen molar-refractivity contribution in [1.82, 2.24) is 9.97 Å². The van der Waals surface area contributed by atoms with E-state index in [1.165, 1.54) is 28.0 Å². The fourth-order valence-corrected chi connectivity index (χ4v) is 4.73. The molecule has 0 fully saturated rings. The van der Waals surface area contributed by atoms with Gasteiger partial charge < -0.3 is 4.98 Å². The molecule has 0 saturated heterocycles. The Hall–Kier alpha value is -2.50. The molecule has 1 N–H and O–H groups in total. The quantitative estimate of drug-likeness (QED) is 0.579. The first-order valence-electron chi connectivity index (χ1n) is 8.35. The number of nitrogens with zero attached hydrogens (tertiary/aromatic N) is 1. The Bertz CT molecular complexity index is 1260. The number of rotatable bonds is 2. The summed E-state index contributed by atoms with van der Waals surface area (Å²) in [6, 6.07) is 12.4. The maximum Gasteiger partial charge on any atom is 0.266 e. The summed E-state index contributed by atoms with van der Waals surface area (Å²) in [4.78, 5) is 19.9. The number of aryl methyl sites for hydroxylation is 3. The standard InChI is InChI=1S/C21H18N2OS2/c1-12-8-14(3)15(9-13(12)2)10-18-21(24)23-20(26-18)11-19-22-16-6-4-5-7-17(16)25-19/h4-11H,1-3H3,(H,23,24)/b18-10-,20-11+. The number of thiazole rings is 2. The minimum absolute atomic E-state index is 0.0556. The average Bonchev–Trinajstić information content (AvgIpc) is 3.15. The summed E-state index contributed by atoms with van der Waals surface area (Å²) in [5, 5.41) is 0.901. The number of fused-ring (bicyclic) bond motifs is 1. The van der Waals surface area contributed by atoms with E-state index in [2.05, 4.69) is 48.9 Å². The summed E-state index contributed by atoms with van der Waals surface area (Å²) in [5.74, 6) is 0. The van der Waals surface area contributed by atoms with Gasteiger partial charge in [-0.15, -0.1) is 22.7 Å². The fraction of sp³-hybridized carbons (Fsp3) is 0.143. The number of H-pyrrole nitrogens is 1. The maximum absolute atomic E-state index is 12.4. The Labute approximate surface area is 159 Å². The monoisotopic (exact) mass is 378 g/mol. The van der Waals surface area contributed by atoms with E-state index in [0.29, 0.717) is 4.53 Å². The van der Waals surface area contributed by atoms with Crippen LogP contribution in [0.25, 0.3) is 22.4 Å². The van der Waals surface area contributed by atoms with Gasteiger partial charge in [0.1, 0.15) is 5.01 Å². The van der Waals surface area contributed by atoms with E-state index in [0.717, 1.165) is 25.5 Å². The maximum atomic E-state index is 12.4. The lowest BCUT2D eigenvalue weighted by atomic mass is 10.0. The molecule has 0 aliphatic carbocycles. The second-order valence-corrected chi connectivity index (χ2v) is 8.53. The van der Waals surface area contributed by atoms with Crippen molar-refractivity contribution in [1.29, 1.82) is 0 Å². The third-order valence-corrected chi connectivity index (χ3v) is 6.36. The number of hydrogen-bond donors (Lipinski definition) is 1. The van der Waals surface area contributed by atoms with Crippen LogP contribution in [0.2, 0.25) is 0 Å². The zero-order valence-corrected chi connectivity index (χ0v) is 16.4. The van der Waals surface area contributed by atoms with Gasteiger partial charge >= 0.3 is 0 Å². The van der Waals surface area contributed by atoms with Gasteiger partial charge in [0.25, 0.3) is 5.56 Å². The molecule has 0 bridgehead atoms. The highest BCUT2D eigenvalue weighted by molar-refractivity contribution is 7.19. The summed E-state index contributed by atoms with van der Waals surface area (Å²) < 4.78 is 2.68. The highest BCUT2D eigenvalue weighted by Crippen LogP contribution is 2.21. The Morgan fingerprint density at radius 3 is 2.54 bits per heavy atom. The molecule has 26 heavy (non-hydrogen) atoms.